The summed E-state index contributed by atoms with van der Waals surface area (Å²) in [6.07, 6.45) is 0.866. The van der Waals surface area contributed by atoms with Gasteiger partial charge in [-0.1, -0.05) is 12.1 Å². The zero-order valence-corrected chi connectivity index (χ0v) is 17.1. The number of aromatic nitrogens is 2. The predicted molar refractivity (Wildman–Crippen MR) is 104 cm³/mol. The van der Waals surface area contributed by atoms with Gasteiger partial charge in [0.2, 0.25) is 0 Å². The van der Waals surface area contributed by atoms with Crippen molar-refractivity contribution in [3.63, 3.8) is 0 Å². The van der Waals surface area contributed by atoms with Crippen LogP contribution in [-0.4, -0.2) is 23.2 Å². The fourth-order valence-corrected chi connectivity index (χ4v) is 3.30. The number of methoxy groups -OCH3 is 1. The Balaban J connectivity index is 1.65. The van der Waals surface area contributed by atoms with Crippen molar-refractivity contribution in [3.05, 3.63) is 56.9 Å². The van der Waals surface area contributed by atoms with Crippen LogP contribution in [0.1, 0.15) is 45.0 Å². The molecule has 0 unspecified atom stereocenters. The molecule has 3 rings (SSSR count). The van der Waals surface area contributed by atoms with Crippen LogP contribution in [0.3, 0.4) is 0 Å². The molecule has 0 bridgehead atoms. The highest BCUT2D eigenvalue weighted by Crippen LogP contribution is 2.30. The van der Waals surface area contributed by atoms with Crippen LogP contribution in [0.4, 0.5) is 0 Å². The zero-order chi connectivity index (χ0) is 20.1. The Bertz CT molecular complexity index is 944. The quantitative estimate of drug-likeness (QED) is 0.521. The van der Waals surface area contributed by atoms with E-state index in [4.69, 9.17) is 18.7 Å². The Morgan fingerprint density at radius 3 is 2.68 bits per heavy atom. The minimum Gasteiger partial charge on any atom is -0.493 e. The molecule has 0 saturated heterocycles. The highest BCUT2D eigenvalue weighted by atomic mass is 32.1. The van der Waals surface area contributed by atoms with E-state index in [1.807, 2.05) is 26.2 Å². The Hall–Kier alpha value is -2.87. The normalized spacial score (nSPS) is 10.7. The number of nitrogens with zero attached hydrogens (tertiary/aromatic N) is 2. The lowest BCUT2D eigenvalue weighted by Gasteiger charge is -2.12. The molecule has 0 fully saturated rings. The molecule has 2 heterocycles. The van der Waals surface area contributed by atoms with Crippen molar-refractivity contribution >= 4 is 17.3 Å². The maximum Gasteiger partial charge on any atom is 0.338 e. The van der Waals surface area contributed by atoms with Gasteiger partial charge in [-0.05, 0) is 38.5 Å². The first-order valence-electron chi connectivity index (χ1n) is 8.84. The second kappa shape index (κ2) is 8.88. The molecule has 7 nitrogen and oxygen atoms in total. The van der Waals surface area contributed by atoms with Gasteiger partial charge in [-0.25, -0.2) is 9.78 Å². The van der Waals surface area contributed by atoms with Gasteiger partial charge in [-0.3, -0.25) is 0 Å². The van der Waals surface area contributed by atoms with E-state index in [0.29, 0.717) is 29.4 Å². The fourth-order valence-electron chi connectivity index (χ4n) is 2.57. The summed E-state index contributed by atoms with van der Waals surface area (Å²) in [4.78, 5) is 16.7. The summed E-state index contributed by atoms with van der Waals surface area (Å²) in [6.45, 7) is 6.17. The maximum absolute atomic E-state index is 12.3. The number of esters is 1. The van der Waals surface area contributed by atoms with E-state index < -0.39 is 5.97 Å². The third-order valence-corrected chi connectivity index (χ3v) is 5.25. The van der Waals surface area contributed by atoms with Gasteiger partial charge < -0.3 is 18.7 Å². The molecule has 1 aromatic carbocycles. The number of rotatable bonds is 8. The number of benzene rings is 1. The summed E-state index contributed by atoms with van der Waals surface area (Å²) in [5.74, 6) is 1.24. The van der Waals surface area contributed by atoms with Crippen LogP contribution in [0.2, 0.25) is 0 Å². The van der Waals surface area contributed by atoms with Crippen molar-refractivity contribution in [1.82, 2.24) is 10.1 Å². The highest BCUT2D eigenvalue weighted by Gasteiger charge is 2.15. The molecule has 0 N–H and O–H groups in total. The number of aryl methyl sites for hydroxylation is 3. The summed E-state index contributed by atoms with van der Waals surface area (Å²) in [7, 11) is 1.52. The Morgan fingerprint density at radius 1 is 1.21 bits per heavy atom. The first-order valence-corrected chi connectivity index (χ1v) is 9.72. The molecule has 148 valence electrons. The molecule has 0 atom stereocenters. The van der Waals surface area contributed by atoms with E-state index in [1.165, 1.54) is 7.11 Å². The van der Waals surface area contributed by atoms with Gasteiger partial charge in [0.05, 0.1) is 34.6 Å². The van der Waals surface area contributed by atoms with Crippen molar-refractivity contribution in [2.45, 2.75) is 40.4 Å². The molecular formula is C20H22N2O5S. The largest absolute Gasteiger partial charge is 0.493 e. The first-order chi connectivity index (χ1) is 13.5. The van der Waals surface area contributed by atoms with Gasteiger partial charge in [0.1, 0.15) is 19.0 Å². The van der Waals surface area contributed by atoms with Crippen molar-refractivity contribution in [2.24, 2.45) is 0 Å². The van der Waals surface area contributed by atoms with Crippen LogP contribution < -0.4 is 9.47 Å². The topological polar surface area (TPSA) is 83.7 Å². The van der Waals surface area contributed by atoms with Crippen LogP contribution in [0.15, 0.2) is 28.1 Å². The number of ether oxygens (including phenoxy) is 3. The highest BCUT2D eigenvalue weighted by molar-refractivity contribution is 7.09. The average molecular weight is 402 g/mol. The second-order valence-corrected chi connectivity index (χ2v) is 7.06. The number of thiazole rings is 1. The van der Waals surface area contributed by atoms with Crippen molar-refractivity contribution < 1.29 is 23.5 Å². The number of carbonyl (C=O) groups is 1. The number of carbonyl (C=O) groups excluding carboxylic acids is 1. The van der Waals surface area contributed by atoms with E-state index in [9.17, 15) is 4.79 Å². The van der Waals surface area contributed by atoms with E-state index in [0.717, 1.165) is 28.4 Å². The third-order valence-electron chi connectivity index (χ3n) is 4.21. The van der Waals surface area contributed by atoms with Gasteiger partial charge >= 0.3 is 5.97 Å². The smallest absolute Gasteiger partial charge is 0.338 e. The lowest BCUT2D eigenvalue weighted by molar-refractivity contribution is 0.0468. The lowest BCUT2D eigenvalue weighted by Crippen LogP contribution is -2.07. The molecule has 8 heteroatoms. The van der Waals surface area contributed by atoms with Gasteiger partial charge in [0.25, 0.3) is 0 Å². The zero-order valence-electron chi connectivity index (χ0n) is 16.3. The Morgan fingerprint density at radius 2 is 2.04 bits per heavy atom. The molecule has 2 aromatic heterocycles. The number of hydrogen-bond acceptors (Lipinski definition) is 8. The Labute approximate surface area is 167 Å². The molecular weight excluding hydrogens is 380 g/mol. The van der Waals surface area contributed by atoms with Crippen molar-refractivity contribution in [1.29, 1.82) is 0 Å². The van der Waals surface area contributed by atoms with Crippen LogP contribution in [0.25, 0.3) is 0 Å². The summed E-state index contributed by atoms with van der Waals surface area (Å²) in [5, 5.41) is 6.83. The molecule has 0 aliphatic heterocycles. The standard InChI is InChI=1S/C20H22N2O5S/c1-5-19-21-15(11-28-19)9-26-20(23)14-6-7-17(18(8-14)24-4)25-10-16-12(2)22-27-13(16)3/h6-8,11H,5,9-10H2,1-4H3. The van der Waals surface area contributed by atoms with Gasteiger partial charge in [0, 0.05) is 5.38 Å². The fraction of sp³-hybridized carbons (Fsp3) is 0.350. The van der Waals surface area contributed by atoms with Crippen molar-refractivity contribution in [2.75, 3.05) is 7.11 Å². The SMILES string of the molecule is CCc1nc(COC(=O)c2ccc(OCc3c(C)noc3C)c(OC)c2)cs1. The molecule has 0 aliphatic carbocycles. The van der Waals surface area contributed by atoms with E-state index in [1.54, 1.807) is 29.5 Å². The molecule has 0 radical (unpaired) electrons. The first kappa shape index (κ1) is 19.9. The maximum atomic E-state index is 12.3. The summed E-state index contributed by atoms with van der Waals surface area (Å²) >= 11 is 1.56. The monoisotopic (exact) mass is 402 g/mol. The van der Waals surface area contributed by atoms with E-state index in [-0.39, 0.29) is 6.61 Å². The molecule has 0 aliphatic rings. The third kappa shape index (κ3) is 4.51. The minimum absolute atomic E-state index is 0.141. The summed E-state index contributed by atoms with van der Waals surface area (Å²) in [5.41, 5.74) is 2.80. The van der Waals surface area contributed by atoms with E-state index in [2.05, 4.69) is 10.1 Å². The van der Waals surface area contributed by atoms with Crippen LogP contribution >= 0.6 is 11.3 Å². The average Bonchev–Trinajstić information content (AvgIpc) is 3.30. The second-order valence-electron chi connectivity index (χ2n) is 6.12. The van der Waals surface area contributed by atoms with Gasteiger partial charge in [0.15, 0.2) is 11.5 Å². The van der Waals surface area contributed by atoms with Crippen LogP contribution in [0, 0.1) is 13.8 Å². The van der Waals surface area contributed by atoms with Gasteiger partial charge in [-0.2, -0.15) is 0 Å². The predicted octanol–water partition coefficient (Wildman–Crippen LogP) is 4.25. The summed E-state index contributed by atoms with van der Waals surface area (Å²) in [6, 6.07) is 4.93. The molecule has 0 spiro atoms. The lowest BCUT2D eigenvalue weighted by atomic mass is 10.2. The van der Waals surface area contributed by atoms with Crippen molar-refractivity contribution in [3.8, 4) is 11.5 Å². The molecule has 28 heavy (non-hydrogen) atoms. The number of hydrogen-bond donors (Lipinski definition) is 0. The molecule has 0 saturated carbocycles. The molecule has 0 amide bonds. The minimum atomic E-state index is -0.443. The van der Waals surface area contributed by atoms with Crippen LogP contribution in [0.5, 0.6) is 11.5 Å². The Kier molecular flexibility index (Phi) is 6.30. The van der Waals surface area contributed by atoms with Crippen LogP contribution in [-0.2, 0) is 24.4 Å². The van der Waals surface area contributed by atoms with Gasteiger partial charge in [-0.15, -0.1) is 11.3 Å². The summed E-state index contributed by atoms with van der Waals surface area (Å²) < 4.78 is 21.7. The molecule has 3 aromatic rings. The van der Waals surface area contributed by atoms with E-state index >= 15 is 0 Å².